The number of carbonyl (C=O) groups is 2. The summed E-state index contributed by atoms with van der Waals surface area (Å²) >= 11 is 0. The summed E-state index contributed by atoms with van der Waals surface area (Å²) in [5.74, 6) is 0.0837. The van der Waals surface area contributed by atoms with Crippen LogP contribution < -0.4 is 5.32 Å². The molecular formula is C26H35N3O2. The van der Waals surface area contributed by atoms with Crippen molar-refractivity contribution in [1.29, 1.82) is 0 Å². The van der Waals surface area contributed by atoms with Gasteiger partial charge in [-0.25, -0.2) is 0 Å². The molecule has 0 atom stereocenters. The monoisotopic (exact) mass is 421 g/mol. The fourth-order valence-electron chi connectivity index (χ4n) is 3.76. The summed E-state index contributed by atoms with van der Waals surface area (Å²) in [5.41, 5.74) is 4.16. The molecule has 1 N–H and O–H groups in total. The molecular weight excluding hydrogens is 386 g/mol. The second-order valence-corrected chi connectivity index (χ2v) is 9.42. The molecule has 1 aliphatic rings. The van der Waals surface area contributed by atoms with Gasteiger partial charge in [0.25, 0.3) is 5.91 Å². The Bertz CT molecular complexity index is 876. The molecule has 1 heterocycles. The summed E-state index contributed by atoms with van der Waals surface area (Å²) in [7, 11) is 0. The lowest BCUT2D eigenvalue weighted by Gasteiger charge is -2.29. The zero-order chi connectivity index (χ0) is 22.4. The van der Waals surface area contributed by atoms with Crippen LogP contribution in [0.25, 0.3) is 0 Å². The van der Waals surface area contributed by atoms with E-state index in [-0.39, 0.29) is 17.2 Å². The summed E-state index contributed by atoms with van der Waals surface area (Å²) in [6.07, 6.45) is 0.345. The average molecular weight is 422 g/mol. The first-order chi connectivity index (χ1) is 14.7. The van der Waals surface area contributed by atoms with Crippen LogP contribution in [-0.2, 0) is 16.8 Å². The third-order valence-electron chi connectivity index (χ3n) is 5.84. The fourth-order valence-corrected chi connectivity index (χ4v) is 3.76. The number of rotatable bonds is 6. The van der Waals surface area contributed by atoms with Crippen LogP contribution in [0.3, 0.4) is 0 Å². The Morgan fingerprint density at radius 2 is 1.58 bits per heavy atom. The highest BCUT2D eigenvalue weighted by atomic mass is 16.2. The van der Waals surface area contributed by atoms with Crippen LogP contribution in [-0.4, -0.2) is 54.3 Å². The van der Waals surface area contributed by atoms with Crippen LogP contribution >= 0.6 is 0 Å². The minimum Gasteiger partial charge on any atom is -0.340 e. The number of benzene rings is 2. The van der Waals surface area contributed by atoms with Gasteiger partial charge in [-0.05, 0) is 35.6 Å². The number of hydrogen-bond donors (Lipinski definition) is 1. The number of piperazine rings is 1. The SMILES string of the molecule is Cc1ccc(CN(CCC(=O)N2CCNCC2)C(=O)c2ccc(C(C)(C)C)cc2)cc1. The lowest BCUT2D eigenvalue weighted by molar-refractivity contribution is -0.132. The van der Waals surface area contributed by atoms with E-state index in [1.165, 1.54) is 11.1 Å². The van der Waals surface area contributed by atoms with Crippen LogP contribution in [0.4, 0.5) is 0 Å². The number of amides is 2. The molecule has 31 heavy (non-hydrogen) atoms. The van der Waals surface area contributed by atoms with E-state index in [2.05, 4.69) is 57.3 Å². The summed E-state index contributed by atoms with van der Waals surface area (Å²) < 4.78 is 0. The van der Waals surface area contributed by atoms with Crippen molar-refractivity contribution < 1.29 is 9.59 Å². The van der Waals surface area contributed by atoms with Crippen LogP contribution in [0.5, 0.6) is 0 Å². The summed E-state index contributed by atoms with van der Waals surface area (Å²) in [6, 6.07) is 16.1. The molecule has 0 unspecified atom stereocenters. The van der Waals surface area contributed by atoms with Gasteiger partial charge in [0.15, 0.2) is 0 Å². The van der Waals surface area contributed by atoms with Gasteiger partial charge in [0, 0.05) is 51.3 Å². The van der Waals surface area contributed by atoms with Crippen molar-refractivity contribution in [3.05, 3.63) is 70.8 Å². The summed E-state index contributed by atoms with van der Waals surface area (Å²) in [6.45, 7) is 12.6. The molecule has 1 saturated heterocycles. The van der Waals surface area contributed by atoms with Gasteiger partial charge >= 0.3 is 0 Å². The van der Waals surface area contributed by atoms with E-state index >= 15 is 0 Å². The molecule has 0 saturated carbocycles. The van der Waals surface area contributed by atoms with Gasteiger partial charge in [-0.3, -0.25) is 9.59 Å². The third-order valence-corrected chi connectivity index (χ3v) is 5.84. The van der Waals surface area contributed by atoms with Crippen LogP contribution in [0.2, 0.25) is 0 Å². The molecule has 2 amide bonds. The Morgan fingerprint density at radius 1 is 0.968 bits per heavy atom. The number of aryl methyl sites for hydroxylation is 1. The van der Waals surface area contributed by atoms with Crippen molar-refractivity contribution in [1.82, 2.24) is 15.1 Å². The van der Waals surface area contributed by atoms with E-state index in [1.807, 2.05) is 29.2 Å². The molecule has 0 aliphatic carbocycles. The van der Waals surface area contributed by atoms with Crippen LogP contribution in [0, 0.1) is 6.92 Å². The van der Waals surface area contributed by atoms with E-state index in [0.717, 1.165) is 31.7 Å². The minimum atomic E-state index is -0.0332. The van der Waals surface area contributed by atoms with E-state index in [1.54, 1.807) is 4.90 Å². The molecule has 166 valence electrons. The molecule has 0 spiro atoms. The maximum Gasteiger partial charge on any atom is 0.254 e. The quantitative estimate of drug-likeness (QED) is 0.773. The van der Waals surface area contributed by atoms with Crippen molar-refractivity contribution in [2.24, 2.45) is 0 Å². The van der Waals surface area contributed by atoms with E-state index in [4.69, 9.17) is 0 Å². The maximum atomic E-state index is 13.4. The zero-order valence-electron chi connectivity index (χ0n) is 19.3. The average Bonchev–Trinajstić information content (AvgIpc) is 2.77. The van der Waals surface area contributed by atoms with Crippen molar-refractivity contribution in [3.8, 4) is 0 Å². The zero-order valence-corrected chi connectivity index (χ0v) is 19.3. The van der Waals surface area contributed by atoms with Gasteiger partial charge in [-0.15, -0.1) is 0 Å². The summed E-state index contributed by atoms with van der Waals surface area (Å²) in [5, 5.41) is 3.27. The van der Waals surface area contributed by atoms with E-state index in [9.17, 15) is 9.59 Å². The molecule has 3 rings (SSSR count). The van der Waals surface area contributed by atoms with E-state index < -0.39 is 0 Å². The Balaban J connectivity index is 1.74. The van der Waals surface area contributed by atoms with Crippen molar-refractivity contribution in [2.45, 2.75) is 46.1 Å². The number of nitrogens with zero attached hydrogens (tertiary/aromatic N) is 2. The standard InChI is InChI=1S/C26H35N3O2/c1-20-5-7-21(8-6-20)19-29(16-13-24(30)28-17-14-27-15-18-28)25(31)22-9-11-23(12-10-22)26(2,3)4/h5-12,27H,13-19H2,1-4H3. The highest BCUT2D eigenvalue weighted by molar-refractivity contribution is 5.94. The highest BCUT2D eigenvalue weighted by Crippen LogP contribution is 2.23. The maximum absolute atomic E-state index is 13.4. The molecule has 5 heteroatoms. The normalized spacial score (nSPS) is 14.4. The van der Waals surface area contributed by atoms with Gasteiger partial charge in [0.2, 0.25) is 5.91 Å². The van der Waals surface area contributed by atoms with Gasteiger partial charge in [-0.2, -0.15) is 0 Å². The lowest BCUT2D eigenvalue weighted by Crippen LogP contribution is -2.47. The number of carbonyl (C=O) groups excluding carboxylic acids is 2. The van der Waals surface area contributed by atoms with Gasteiger partial charge in [-0.1, -0.05) is 62.7 Å². The number of hydrogen-bond acceptors (Lipinski definition) is 3. The number of nitrogens with one attached hydrogen (secondary N) is 1. The third kappa shape index (κ3) is 6.41. The highest BCUT2D eigenvalue weighted by Gasteiger charge is 2.21. The van der Waals surface area contributed by atoms with Crippen molar-refractivity contribution in [2.75, 3.05) is 32.7 Å². The smallest absolute Gasteiger partial charge is 0.254 e. The van der Waals surface area contributed by atoms with Gasteiger partial charge in [0.05, 0.1) is 0 Å². The van der Waals surface area contributed by atoms with Crippen molar-refractivity contribution in [3.63, 3.8) is 0 Å². The Labute approximate surface area is 186 Å². The van der Waals surface area contributed by atoms with Gasteiger partial charge in [0.1, 0.15) is 0 Å². The molecule has 2 aromatic rings. The van der Waals surface area contributed by atoms with Gasteiger partial charge < -0.3 is 15.1 Å². The molecule has 5 nitrogen and oxygen atoms in total. The summed E-state index contributed by atoms with van der Waals surface area (Å²) in [4.78, 5) is 29.7. The molecule has 0 bridgehead atoms. The van der Waals surface area contributed by atoms with Crippen LogP contribution in [0.15, 0.2) is 48.5 Å². The predicted molar refractivity (Wildman–Crippen MR) is 125 cm³/mol. The second-order valence-electron chi connectivity index (χ2n) is 9.42. The van der Waals surface area contributed by atoms with Crippen molar-refractivity contribution >= 4 is 11.8 Å². The molecule has 1 fully saturated rings. The second kappa shape index (κ2) is 10.1. The van der Waals surface area contributed by atoms with Crippen LogP contribution in [0.1, 0.15) is 54.2 Å². The van der Waals surface area contributed by atoms with E-state index in [0.29, 0.717) is 25.1 Å². The Hall–Kier alpha value is -2.66. The largest absolute Gasteiger partial charge is 0.340 e. The Kier molecular flexibility index (Phi) is 7.50. The Morgan fingerprint density at radius 3 is 2.16 bits per heavy atom. The molecule has 0 aromatic heterocycles. The molecule has 2 aromatic carbocycles. The predicted octanol–water partition coefficient (Wildman–Crippen LogP) is 3.76. The fraction of sp³-hybridized carbons (Fsp3) is 0.462. The minimum absolute atomic E-state index is 0.0332. The lowest BCUT2D eigenvalue weighted by atomic mass is 9.86. The molecule has 0 radical (unpaired) electrons. The first-order valence-corrected chi connectivity index (χ1v) is 11.2. The first-order valence-electron chi connectivity index (χ1n) is 11.2. The molecule has 1 aliphatic heterocycles. The first kappa shape index (κ1) is 23.0. The topological polar surface area (TPSA) is 52.7 Å².